The van der Waals surface area contributed by atoms with Crippen LogP contribution >= 0.6 is 12.4 Å². The third-order valence-corrected chi connectivity index (χ3v) is 5.12. The van der Waals surface area contributed by atoms with Gasteiger partial charge < -0.3 is 11.1 Å². The van der Waals surface area contributed by atoms with Crippen LogP contribution in [0.15, 0.2) is 6.07 Å². The molecule has 1 amide bonds. The molecule has 138 valence electrons. The molecular formula is C17H27ClN6O. The first-order valence-electron chi connectivity index (χ1n) is 8.58. The first kappa shape index (κ1) is 19.5. The summed E-state index contributed by atoms with van der Waals surface area (Å²) in [6, 6.07) is 1.96. The summed E-state index contributed by atoms with van der Waals surface area (Å²) in [5, 5.41) is 14.7. The molecule has 0 aliphatic heterocycles. The summed E-state index contributed by atoms with van der Waals surface area (Å²) in [5.41, 5.74) is 9.99. The number of H-pyrrole nitrogens is 1. The molecular weight excluding hydrogens is 340 g/mol. The summed E-state index contributed by atoms with van der Waals surface area (Å²) in [7, 11) is 1.90. The van der Waals surface area contributed by atoms with Gasteiger partial charge in [0.1, 0.15) is 5.69 Å². The van der Waals surface area contributed by atoms with Crippen molar-refractivity contribution in [3.8, 4) is 11.3 Å². The van der Waals surface area contributed by atoms with Crippen molar-refractivity contribution in [2.75, 3.05) is 6.54 Å². The lowest BCUT2D eigenvalue weighted by molar-refractivity contribution is 0.0903. The zero-order valence-electron chi connectivity index (χ0n) is 15.0. The maximum Gasteiger partial charge on any atom is 0.269 e. The van der Waals surface area contributed by atoms with Crippen molar-refractivity contribution in [1.82, 2.24) is 25.3 Å². The van der Waals surface area contributed by atoms with E-state index in [1.165, 1.54) is 6.42 Å². The molecule has 8 heteroatoms. The summed E-state index contributed by atoms with van der Waals surface area (Å²) < 4.78 is 1.83. The molecule has 7 nitrogen and oxygen atoms in total. The van der Waals surface area contributed by atoms with E-state index < -0.39 is 0 Å². The molecule has 25 heavy (non-hydrogen) atoms. The molecule has 2 aromatic heterocycles. The van der Waals surface area contributed by atoms with Gasteiger partial charge in [-0.1, -0.05) is 12.8 Å². The van der Waals surface area contributed by atoms with E-state index >= 15 is 0 Å². The normalized spacial score (nSPS) is 20.2. The van der Waals surface area contributed by atoms with Crippen molar-refractivity contribution < 1.29 is 4.79 Å². The molecule has 1 aliphatic rings. The van der Waals surface area contributed by atoms with Gasteiger partial charge in [-0.2, -0.15) is 10.2 Å². The van der Waals surface area contributed by atoms with E-state index in [9.17, 15) is 4.79 Å². The molecule has 0 radical (unpaired) electrons. The largest absolute Gasteiger partial charge is 0.348 e. The molecule has 1 aliphatic carbocycles. The Balaban J connectivity index is 0.00000225. The van der Waals surface area contributed by atoms with E-state index in [1.54, 1.807) is 6.07 Å². The zero-order valence-corrected chi connectivity index (χ0v) is 15.8. The Labute approximate surface area is 154 Å². The number of carbonyl (C=O) groups is 1. The predicted molar refractivity (Wildman–Crippen MR) is 99.8 cm³/mol. The van der Waals surface area contributed by atoms with Gasteiger partial charge in [-0.3, -0.25) is 14.6 Å². The van der Waals surface area contributed by atoms with Gasteiger partial charge in [-0.15, -0.1) is 12.4 Å². The van der Waals surface area contributed by atoms with Gasteiger partial charge >= 0.3 is 0 Å². The first-order chi connectivity index (χ1) is 11.5. The second kappa shape index (κ2) is 8.01. The van der Waals surface area contributed by atoms with E-state index in [2.05, 4.69) is 20.6 Å². The second-order valence-electron chi connectivity index (χ2n) is 6.70. The first-order valence-corrected chi connectivity index (χ1v) is 8.58. The van der Waals surface area contributed by atoms with Crippen molar-refractivity contribution in [2.45, 2.75) is 45.6 Å². The van der Waals surface area contributed by atoms with Gasteiger partial charge in [0.05, 0.1) is 11.4 Å². The van der Waals surface area contributed by atoms with Crippen LogP contribution < -0.4 is 11.1 Å². The van der Waals surface area contributed by atoms with Crippen LogP contribution in [0.1, 0.15) is 47.6 Å². The van der Waals surface area contributed by atoms with Gasteiger partial charge in [0.15, 0.2) is 0 Å². The summed E-state index contributed by atoms with van der Waals surface area (Å²) >= 11 is 0. The summed E-state index contributed by atoms with van der Waals surface area (Å²) in [4.78, 5) is 12.6. The fourth-order valence-corrected chi connectivity index (χ4v) is 3.64. The number of halogens is 1. The lowest BCUT2D eigenvalue weighted by atomic mass is 9.84. The number of hydrogen-bond donors (Lipinski definition) is 3. The number of carbonyl (C=O) groups excluding carboxylic acids is 1. The number of rotatable bonds is 4. The number of nitrogens with zero attached hydrogens (tertiary/aromatic N) is 3. The van der Waals surface area contributed by atoms with Crippen molar-refractivity contribution in [1.29, 1.82) is 0 Å². The van der Waals surface area contributed by atoms with E-state index in [4.69, 9.17) is 5.73 Å². The molecule has 0 aromatic carbocycles. The average Bonchev–Trinajstić information content (AvgIpc) is 3.13. The van der Waals surface area contributed by atoms with Gasteiger partial charge in [-0.25, -0.2) is 0 Å². The summed E-state index contributed by atoms with van der Waals surface area (Å²) in [5.74, 6) is 0.256. The number of amides is 1. The Kier molecular flexibility index (Phi) is 6.24. The second-order valence-corrected chi connectivity index (χ2v) is 6.70. The quantitative estimate of drug-likeness (QED) is 0.771. The lowest BCUT2D eigenvalue weighted by Crippen LogP contribution is -2.44. The van der Waals surface area contributed by atoms with Crippen LogP contribution in [0.5, 0.6) is 0 Å². The highest BCUT2D eigenvalue weighted by Crippen LogP contribution is 2.26. The molecule has 4 N–H and O–H groups in total. The minimum absolute atomic E-state index is 0. The van der Waals surface area contributed by atoms with E-state index in [0.717, 1.165) is 41.9 Å². The fourth-order valence-electron chi connectivity index (χ4n) is 3.64. The molecule has 1 fully saturated rings. The van der Waals surface area contributed by atoms with E-state index in [1.807, 2.05) is 25.6 Å². The van der Waals surface area contributed by atoms with E-state index in [-0.39, 0.29) is 24.4 Å². The van der Waals surface area contributed by atoms with Crippen molar-refractivity contribution in [2.24, 2.45) is 18.7 Å². The Morgan fingerprint density at radius 1 is 1.40 bits per heavy atom. The molecule has 0 spiro atoms. The Bertz CT molecular complexity index is 738. The summed E-state index contributed by atoms with van der Waals surface area (Å²) in [6.07, 6.45) is 4.42. The van der Waals surface area contributed by atoms with Crippen LogP contribution in [-0.4, -0.2) is 38.5 Å². The van der Waals surface area contributed by atoms with Crippen LogP contribution in [0.2, 0.25) is 0 Å². The van der Waals surface area contributed by atoms with Gasteiger partial charge in [-0.05, 0) is 45.2 Å². The third-order valence-electron chi connectivity index (χ3n) is 5.12. The number of aryl methyl sites for hydroxylation is 2. The smallest absolute Gasteiger partial charge is 0.269 e. The third kappa shape index (κ3) is 3.88. The Morgan fingerprint density at radius 2 is 2.12 bits per heavy atom. The monoisotopic (exact) mass is 366 g/mol. The number of nitrogens with two attached hydrogens (primary N) is 1. The number of hydrogen-bond acceptors (Lipinski definition) is 4. The van der Waals surface area contributed by atoms with E-state index in [0.29, 0.717) is 18.2 Å². The molecule has 0 saturated heterocycles. The topological polar surface area (TPSA) is 102 Å². The highest BCUT2D eigenvalue weighted by molar-refractivity contribution is 5.93. The molecule has 1 saturated carbocycles. The van der Waals surface area contributed by atoms with Gasteiger partial charge in [0.25, 0.3) is 5.91 Å². The minimum Gasteiger partial charge on any atom is -0.348 e. The minimum atomic E-state index is -0.113. The molecule has 2 heterocycles. The van der Waals surface area contributed by atoms with Gasteiger partial charge in [0.2, 0.25) is 0 Å². The maximum atomic E-state index is 12.6. The molecule has 2 atom stereocenters. The van der Waals surface area contributed by atoms with Crippen LogP contribution in [-0.2, 0) is 7.05 Å². The Hall–Kier alpha value is -1.86. The predicted octanol–water partition coefficient (Wildman–Crippen LogP) is 2.10. The van der Waals surface area contributed by atoms with Crippen LogP contribution in [0, 0.1) is 19.8 Å². The van der Waals surface area contributed by atoms with Gasteiger partial charge in [0, 0.05) is 24.3 Å². The Morgan fingerprint density at radius 3 is 2.76 bits per heavy atom. The molecule has 3 rings (SSSR count). The van der Waals surface area contributed by atoms with Crippen molar-refractivity contribution in [3.63, 3.8) is 0 Å². The number of aromatic amines is 1. The number of aromatic nitrogens is 4. The molecule has 2 aromatic rings. The number of nitrogens with one attached hydrogen (secondary N) is 2. The molecule has 2 unspecified atom stereocenters. The average molecular weight is 367 g/mol. The zero-order chi connectivity index (χ0) is 17.3. The van der Waals surface area contributed by atoms with Crippen molar-refractivity contribution >= 4 is 18.3 Å². The fraction of sp³-hybridized carbons (Fsp3) is 0.588. The maximum absolute atomic E-state index is 12.6. The molecule has 0 bridgehead atoms. The van der Waals surface area contributed by atoms with Crippen molar-refractivity contribution in [3.05, 3.63) is 23.1 Å². The standard InChI is InChI=1S/C17H26N6O.ClH/c1-10-16(11(2)23(3)22-10)14-8-15(21-20-14)17(24)19-13-7-5-4-6-12(13)9-18;/h8,12-13H,4-7,9,18H2,1-3H3,(H,19,24)(H,20,21);1H. The SMILES string of the molecule is Cc1nn(C)c(C)c1-c1cc(C(=O)NC2CCCCC2CN)[nH]n1.Cl. The van der Waals surface area contributed by atoms with Crippen LogP contribution in [0.4, 0.5) is 0 Å². The van der Waals surface area contributed by atoms with Crippen LogP contribution in [0.3, 0.4) is 0 Å². The lowest BCUT2D eigenvalue weighted by Gasteiger charge is -2.31. The van der Waals surface area contributed by atoms with Crippen LogP contribution in [0.25, 0.3) is 11.3 Å². The summed E-state index contributed by atoms with van der Waals surface area (Å²) in [6.45, 7) is 4.56. The highest BCUT2D eigenvalue weighted by atomic mass is 35.5. The highest BCUT2D eigenvalue weighted by Gasteiger charge is 2.26.